The first-order valence-corrected chi connectivity index (χ1v) is 8.92. The third-order valence-corrected chi connectivity index (χ3v) is 4.55. The van der Waals surface area contributed by atoms with E-state index in [0.29, 0.717) is 6.04 Å². The second-order valence-corrected chi connectivity index (χ2v) is 6.73. The van der Waals surface area contributed by atoms with Crippen molar-refractivity contribution in [2.75, 3.05) is 6.61 Å². The SMILES string of the molecule is Cc1ccccc1CN[C@@H](C)c1ccc(OCC(=O)NC2CC2)cc1. The van der Waals surface area contributed by atoms with Crippen molar-refractivity contribution in [3.8, 4) is 5.75 Å². The highest BCUT2D eigenvalue weighted by atomic mass is 16.5. The molecule has 132 valence electrons. The minimum absolute atomic E-state index is 0.0418. The molecule has 1 aliphatic carbocycles. The van der Waals surface area contributed by atoms with Gasteiger partial charge >= 0.3 is 0 Å². The van der Waals surface area contributed by atoms with Gasteiger partial charge in [-0.25, -0.2) is 0 Å². The van der Waals surface area contributed by atoms with Gasteiger partial charge in [0, 0.05) is 18.6 Å². The molecule has 1 atom stereocenters. The Morgan fingerprint density at radius 3 is 2.56 bits per heavy atom. The highest BCUT2D eigenvalue weighted by molar-refractivity contribution is 5.78. The number of benzene rings is 2. The lowest BCUT2D eigenvalue weighted by Gasteiger charge is -2.16. The second-order valence-electron chi connectivity index (χ2n) is 6.73. The third kappa shape index (κ3) is 5.33. The topological polar surface area (TPSA) is 50.4 Å². The molecule has 0 radical (unpaired) electrons. The molecule has 2 aromatic rings. The Balaban J connectivity index is 1.47. The van der Waals surface area contributed by atoms with Crippen LogP contribution < -0.4 is 15.4 Å². The zero-order chi connectivity index (χ0) is 17.6. The fourth-order valence-electron chi connectivity index (χ4n) is 2.69. The lowest BCUT2D eigenvalue weighted by Crippen LogP contribution is -2.30. The molecular weight excluding hydrogens is 312 g/mol. The molecule has 2 aromatic carbocycles. The van der Waals surface area contributed by atoms with Gasteiger partial charge in [-0.15, -0.1) is 0 Å². The lowest BCUT2D eigenvalue weighted by atomic mass is 10.1. The predicted octanol–water partition coefficient (Wildman–Crippen LogP) is 3.50. The quantitative estimate of drug-likeness (QED) is 0.774. The predicted molar refractivity (Wildman–Crippen MR) is 99.5 cm³/mol. The number of ether oxygens (including phenoxy) is 1. The number of hydrogen-bond donors (Lipinski definition) is 2. The minimum Gasteiger partial charge on any atom is -0.484 e. The number of amides is 1. The molecule has 3 rings (SSSR count). The van der Waals surface area contributed by atoms with Gasteiger partial charge < -0.3 is 15.4 Å². The molecule has 1 saturated carbocycles. The van der Waals surface area contributed by atoms with Crippen molar-refractivity contribution in [2.45, 2.75) is 45.3 Å². The van der Waals surface area contributed by atoms with Gasteiger partial charge in [0.05, 0.1) is 0 Å². The van der Waals surface area contributed by atoms with E-state index in [1.807, 2.05) is 24.3 Å². The summed E-state index contributed by atoms with van der Waals surface area (Å²) in [7, 11) is 0. The molecule has 2 N–H and O–H groups in total. The Bertz CT molecular complexity index is 708. The average molecular weight is 338 g/mol. The van der Waals surface area contributed by atoms with Crippen LogP contribution in [0.2, 0.25) is 0 Å². The van der Waals surface area contributed by atoms with E-state index in [0.717, 1.165) is 25.1 Å². The van der Waals surface area contributed by atoms with Crippen molar-refractivity contribution < 1.29 is 9.53 Å². The van der Waals surface area contributed by atoms with Crippen LogP contribution >= 0.6 is 0 Å². The molecule has 0 bridgehead atoms. The van der Waals surface area contributed by atoms with E-state index in [1.165, 1.54) is 16.7 Å². The summed E-state index contributed by atoms with van der Waals surface area (Å²) in [6.45, 7) is 5.20. The summed E-state index contributed by atoms with van der Waals surface area (Å²) < 4.78 is 5.54. The molecule has 25 heavy (non-hydrogen) atoms. The van der Waals surface area contributed by atoms with Gasteiger partial charge in [0.1, 0.15) is 5.75 Å². The second kappa shape index (κ2) is 8.17. The molecule has 4 nitrogen and oxygen atoms in total. The molecule has 0 saturated heterocycles. The largest absolute Gasteiger partial charge is 0.484 e. The summed E-state index contributed by atoms with van der Waals surface area (Å²) in [5.41, 5.74) is 3.81. The molecule has 4 heteroatoms. The van der Waals surface area contributed by atoms with Crippen LogP contribution in [0.15, 0.2) is 48.5 Å². The van der Waals surface area contributed by atoms with Crippen LogP contribution in [-0.2, 0) is 11.3 Å². The number of aryl methyl sites for hydroxylation is 1. The van der Waals surface area contributed by atoms with Gasteiger partial charge in [-0.3, -0.25) is 4.79 Å². The number of rotatable bonds is 8. The van der Waals surface area contributed by atoms with E-state index in [1.54, 1.807) is 0 Å². The van der Waals surface area contributed by atoms with Crippen molar-refractivity contribution in [1.29, 1.82) is 0 Å². The van der Waals surface area contributed by atoms with Gasteiger partial charge in [-0.05, 0) is 55.5 Å². The van der Waals surface area contributed by atoms with Crippen molar-refractivity contribution in [3.63, 3.8) is 0 Å². The van der Waals surface area contributed by atoms with Crippen LogP contribution in [0.1, 0.15) is 42.5 Å². The first kappa shape index (κ1) is 17.5. The highest BCUT2D eigenvalue weighted by Crippen LogP contribution is 2.20. The minimum atomic E-state index is -0.0418. The summed E-state index contributed by atoms with van der Waals surface area (Å²) in [6, 6.07) is 17.0. The molecule has 1 fully saturated rings. The molecule has 0 aliphatic heterocycles. The number of carbonyl (C=O) groups is 1. The first-order chi connectivity index (χ1) is 12.1. The van der Waals surface area contributed by atoms with E-state index < -0.39 is 0 Å². The van der Waals surface area contributed by atoms with Crippen molar-refractivity contribution >= 4 is 5.91 Å². The molecule has 0 heterocycles. The molecule has 1 aliphatic rings. The van der Waals surface area contributed by atoms with Crippen LogP contribution in [-0.4, -0.2) is 18.6 Å². The summed E-state index contributed by atoms with van der Waals surface area (Å²) >= 11 is 0. The summed E-state index contributed by atoms with van der Waals surface area (Å²) in [5.74, 6) is 0.681. The number of carbonyl (C=O) groups excluding carboxylic acids is 1. The van der Waals surface area contributed by atoms with Gasteiger partial charge in [0.2, 0.25) is 0 Å². The number of nitrogens with one attached hydrogen (secondary N) is 2. The van der Waals surface area contributed by atoms with Crippen molar-refractivity contribution in [3.05, 3.63) is 65.2 Å². The number of hydrogen-bond acceptors (Lipinski definition) is 3. The van der Waals surface area contributed by atoms with E-state index in [9.17, 15) is 4.79 Å². The van der Waals surface area contributed by atoms with E-state index in [4.69, 9.17) is 4.74 Å². The van der Waals surface area contributed by atoms with Gasteiger partial charge in [-0.1, -0.05) is 36.4 Å². The van der Waals surface area contributed by atoms with E-state index in [2.05, 4.69) is 48.7 Å². The van der Waals surface area contributed by atoms with Crippen LogP contribution in [0.25, 0.3) is 0 Å². The summed E-state index contributed by atoms with van der Waals surface area (Å²) in [4.78, 5) is 11.6. The van der Waals surface area contributed by atoms with Crippen LogP contribution in [0.5, 0.6) is 5.75 Å². The van der Waals surface area contributed by atoms with E-state index in [-0.39, 0.29) is 18.6 Å². The van der Waals surface area contributed by atoms with Gasteiger partial charge in [0.25, 0.3) is 5.91 Å². The average Bonchev–Trinajstić information content (AvgIpc) is 3.43. The van der Waals surface area contributed by atoms with Gasteiger partial charge in [0.15, 0.2) is 6.61 Å². The van der Waals surface area contributed by atoms with Crippen molar-refractivity contribution in [2.24, 2.45) is 0 Å². The molecule has 0 aromatic heterocycles. The van der Waals surface area contributed by atoms with Gasteiger partial charge in [-0.2, -0.15) is 0 Å². The van der Waals surface area contributed by atoms with E-state index >= 15 is 0 Å². The Labute approximate surface area is 149 Å². The summed E-state index contributed by atoms with van der Waals surface area (Å²) in [5, 5.41) is 6.47. The maximum absolute atomic E-state index is 11.6. The Kier molecular flexibility index (Phi) is 5.71. The molecular formula is C21H26N2O2. The fourth-order valence-corrected chi connectivity index (χ4v) is 2.69. The molecule has 1 amide bonds. The lowest BCUT2D eigenvalue weighted by molar-refractivity contribution is -0.123. The maximum atomic E-state index is 11.6. The zero-order valence-corrected chi connectivity index (χ0v) is 14.9. The van der Waals surface area contributed by atoms with Crippen molar-refractivity contribution in [1.82, 2.24) is 10.6 Å². The Morgan fingerprint density at radius 1 is 1.16 bits per heavy atom. The Morgan fingerprint density at radius 2 is 1.88 bits per heavy atom. The Hall–Kier alpha value is -2.33. The fraction of sp³-hybridized carbons (Fsp3) is 0.381. The molecule has 0 unspecified atom stereocenters. The first-order valence-electron chi connectivity index (χ1n) is 8.92. The zero-order valence-electron chi connectivity index (χ0n) is 14.9. The normalized spacial score (nSPS) is 14.8. The van der Waals surface area contributed by atoms with Crippen LogP contribution in [0.4, 0.5) is 0 Å². The maximum Gasteiger partial charge on any atom is 0.258 e. The highest BCUT2D eigenvalue weighted by Gasteiger charge is 2.23. The standard InChI is InChI=1S/C21H26N2O2/c1-15-5-3-4-6-18(15)13-22-16(2)17-7-11-20(12-8-17)25-14-21(24)23-19-9-10-19/h3-8,11-12,16,19,22H,9-10,13-14H2,1-2H3,(H,23,24)/t16-/m0/s1. The third-order valence-electron chi connectivity index (χ3n) is 4.55. The summed E-state index contributed by atoms with van der Waals surface area (Å²) in [6.07, 6.45) is 2.18. The monoisotopic (exact) mass is 338 g/mol. The van der Waals surface area contributed by atoms with Crippen LogP contribution in [0.3, 0.4) is 0 Å². The molecule has 0 spiro atoms. The van der Waals surface area contributed by atoms with Crippen LogP contribution in [0, 0.1) is 6.92 Å². The smallest absolute Gasteiger partial charge is 0.258 e.